The van der Waals surface area contributed by atoms with Gasteiger partial charge in [0.2, 0.25) is 5.91 Å². The molecule has 1 spiro atoms. The van der Waals surface area contributed by atoms with Crippen molar-refractivity contribution in [1.82, 2.24) is 5.32 Å². The van der Waals surface area contributed by atoms with Crippen molar-refractivity contribution >= 4 is 33.0 Å². The molecule has 33 heavy (non-hydrogen) atoms. The van der Waals surface area contributed by atoms with E-state index in [1.807, 2.05) is 0 Å². The predicted octanol–water partition coefficient (Wildman–Crippen LogP) is 3.69. The maximum absolute atomic E-state index is 14.2. The van der Waals surface area contributed by atoms with Gasteiger partial charge >= 0.3 is 0 Å². The highest BCUT2D eigenvalue weighted by Crippen LogP contribution is 2.52. The van der Waals surface area contributed by atoms with Crippen molar-refractivity contribution in [3.05, 3.63) is 47.5 Å². The maximum atomic E-state index is 14.2. The van der Waals surface area contributed by atoms with Crippen molar-refractivity contribution in [1.29, 1.82) is 0 Å². The van der Waals surface area contributed by atoms with Gasteiger partial charge in [-0.3, -0.25) is 9.52 Å². The fourth-order valence-electron chi connectivity index (χ4n) is 5.25. The van der Waals surface area contributed by atoms with Gasteiger partial charge in [-0.1, -0.05) is 12.8 Å². The zero-order valence-corrected chi connectivity index (χ0v) is 18.8. The van der Waals surface area contributed by atoms with E-state index in [4.69, 9.17) is 0 Å². The summed E-state index contributed by atoms with van der Waals surface area (Å²) in [6.45, 7) is 1.73. The van der Waals surface area contributed by atoms with E-state index in [9.17, 15) is 22.0 Å². The highest BCUT2D eigenvalue weighted by atomic mass is 32.2. The van der Waals surface area contributed by atoms with E-state index >= 15 is 0 Å². The van der Waals surface area contributed by atoms with E-state index in [1.165, 1.54) is 0 Å². The van der Waals surface area contributed by atoms with Crippen molar-refractivity contribution in [2.45, 2.75) is 54.9 Å². The molecule has 0 bridgehead atoms. The van der Waals surface area contributed by atoms with Gasteiger partial charge in [-0.2, -0.15) is 0 Å². The first kappa shape index (κ1) is 22.1. The summed E-state index contributed by atoms with van der Waals surface area (Å²) in [5, 5.41) is 9.81. The zero-order valence-electron chi connectivity index (χ0n) is 18.0. The van der Waals surface area contributed by atoms with Crippen LogP contribution in [0.15, 0.2) is 35.2 Å². The quantitative estimate of drug-likeness (QED) is 0.528. The van der Waals surface area contributed by atoms with Crippen molar-refractivity contribution in [2.24, 2.45) is 0 Å². The third-order valence-electron chi connectivity index (χ3n) is 6.92. The lowest BCUT2D eigenvalue weighted by molar-refractivity contribution is -0.120. The molecule has 4 N–H and O–H groups in total. The van der Waals surface area contributed by atoms with Gasteiger partial charge < -0.3 is 16.0 Å². The summed E-state index contributed by atoms with van der Waals surface area (Å²) in [6, 6.07) is 5.82. The Morgan fingerprint density at radius 3 is 2.45 bits per heavy atom. The van der Waals surface area contributed by atoms with Crippen LogP contribution in [0.5, 0.6) is 0 Å². The highest BCUT2D eigenvalue weighted by Gasteiger charge is 2.49. The molecule has 0 atom stereocenters. The molecule has 1 aliphatic carbocycles. The first-order valence-corrected chi connectivity index (χ1v) is 12.7. The van der Waals surface area contributed by atoms with Gasteiger partial charge in [-0.15, -0.1) is 0 Å². The van der Waals surface area contributed by atoms with E-state index in [-0.39, 0.29) is 17.6 Å². The lowest BCUT2D eigenvalue weighted by Gasteiger charge is -2.27. The van der Waals surface area contributed by atoms with Crippen LogP contribution in [0.25, 0.3) is 0 Å². The molecule has 2 heterocycles. The Kier molecular flexibility index (Phi) is 5.52. The molecule has 1 saturated carbocycles. The van der Waals surface area contributed by atoms with Gasteiger partial charge in [0, 0.05) is 12.1 Å². The minimum Gasteiger partial charge on any atom is -0.380 e. The largest absolute Gasteiger partial charge is 0.380 e. The summed E-state index contributed by atoms with van der Waals surface area (Å²) in [4.78, 5) is 12.4. The predicted molar refractivity (Wildman–Crippen MR) is 122 cm³/mol. The van der Waals surface area contributed by atoms with Gasteiger partial charge in [-0.05, 0) is 68.6 Å². The number of piperidine rings is 1. The molecule has 0 aromatic heterocycles. The molecule has 2 fully saturated rings. The van der Waals surface area contributed by atoms with Crippen LogP contribution in [0.1, 0.15) is 44.1 Å². The Bertz CT molecular complexity index is 1210. The lowest BCUT2D eigenvalue weighted by atomic mass is 9.80. The molecular weight excluding hydrogens is 450 g/mol. The molecule has 1 saturated heterocycles. The zero-order chi connectivity index (χ0) is 23.2. The molecule has 1 amide bonds. The number of anilines is 3. The van der Waals surface area contributed by atoms with Crippen LogP contribution in [-0.4, -0.2) is 33.5 Å². The van der Waals surface area contributed by atoms with Crippen LogP contribution in [0, 0.1) is 11.6 Å². The monoisotopic (exact) mass is 476 g/mol. The average Bonchev–Trinajstić information content (AvgIpc) is 3.36. The SMILES string of the molecule is O=C1Nc2c(NC3CCNCC3)cc(NS(=O)(=O)c3ccc(F)cc3F)cc2C12CCCC2. The van der Waals surface area contributed by atoms with E-state index in [2.05, 4.69) is 20.7 Å². The van der Waals surface area contributed by atoms with Crippen LogP contribution in [-0.2, 0) is 20.2 Å². The molecule has 176 valence electrons. The summed E-state index contributed by atoms with van der Waals surface area (Å²) in [7, 11) is -4.31. The Morgan fingerprint density at radius 1 is 1.03 bits per heavy atom. The maximum Gasteiger partial charge on any atom is 0.264 e. The number of carbonyl (C=O) groups is 1. The van der Waals surface area contributed by atoms with E-state index in [1.54, 1.807) is 12.1 Å². The minimum atomic E-state index is -4.31. The molecule has 2 aliphatic heterocycles. The molecule has 2 aromatic rings. The van der Waals surface area contributed by atoms with Gasteiger partial charge in [0.25, 0.3) is 10.0 Å². The summed E-state index contributed by atoms with van der Waals surface area (Å²) in [6.07, 6.45) is 5.01. The second-order valence-electron chi connectivity index (χ2n) is 9.04. The number of hydrogen-bond donors (Lipinski definition) is 4. The fraction of sp³-hybridized carbons (Fsp3) is 0.435. The van der Waals surface area contributed by atoms with Gasteiger partial charge in [0.15, 0.2) is 0 Å². The summed E-state index contributed by atoms with van der Waals surface area (Å²) < 4.78 is 55.8. The van der Waals surface area contributed by atoms with Crippen LogP contribution < -0.4 is 20.7 Å². The average molecular weight is 477 g/mol. The van der Waals surface area contributed by atoms with Gasteiger partial charge in [0.05, 0.1) is 22.5 Å². The number of sulfonamides is 1. The normalized spacial score (nSPS) is 20.0. The topological polar surface area (TPSA) is 99.3 Å². The Morgan fingerprint density at radius 2 is 1.76 bits per heavy atom. The molecule has 5 rings (SSSR count). The molecule has 0 radical (unpaired) electrons. The summed E-state index contributed by atoms with van der Waals surface area (Å²) >= 11 is 0. The van der Waals surface area contributed by atoms with Crippen molar-refractivity contribution in [3.63, 3.8) is 0 Å². The van der Waals surface area contributed by atoms with Crippen LogP contribution in [0.2, 0.25) is 0 Å². The molecule has 3 aliphatic rings. The molecule has 10 heteroatoms. The lowest BCUT2D eigenvalue weighted by Crippen LogP contribution is -2.35. The number of halogens is 2. The smallest absolute Gasteiger partial charge is 0.264 e. The number of amides is 1. The Labute approximate surface area is 191 Å². The third kappa shape index (κ3) is 3.95. The van der Waals surface area contributed by atoms with Crippen molar-refractivity contribution < 1.29 is 22.0 Å². The third-order valence-corrected chi connectivity index (χ3v) is 8.33. The first-order chi connectivity index (χ1) is 15.8. The van der Waals surface area contributed by atoms with Crippen LogP contribution >= 0.6 is 0 Å². The second kappa shape index (κ2) is 8.25. The van der Waals surface area contributed by atoms with E-state index < -0.39 is 32.0 Å². The number of carbonyl (C=O) groups excluding carboxylic acids is 1. The second-order valence-corrected chi connectivity index (χ2v) is 10.7. The number of fused-ring (bicyclic) bond motifs is 2. The van der Waals surface area contributed by atoms with Crippen molar-refractivity contribution in [3.8, 4) is 0 Å². The Balaban J connectivity index is 1.55. The first-order valence-electron chi connectivity index (χ1n) is 11.2. The number of benzene rings is 2. The number of hydrogen-bond acceptors (Lipinski definition) is 5. The molecular formula is C23H26F2N4O3S. The standard InChI is InChI=1S/C23H26F2N4O3S/c24-14-3-4-20(18(25)11-14)33(31,32)29-16-12-17-21(28-22(30)23(17)7-1-2-8-23)19(13-16)27-15-5-9-26-10-6-15/h3-4,11-13,15,26-27,29H,1-2,5-10H2,(H,28,30). The van der Waals surface area contributed by atoms with Crippen molar-refractivity contribution in [2.75, 3.05) is 28.4 Å². The van der Waals surface area contributed by atoms with E-state index in [0.29, 0.717) is 30.3 Å². The molecule has 0 unspecified atom stereocenters. The Hall–Kier alpha value is -2.72. The van der Waals surface area contributed by atoms with Crippen LogP contribution in [0.3, 0.4) is 0 Å². The number of rotatable bonds is 5. The van der Waals surface area contributed by atoms with Gasteiger partial charge in [-0.25, -0.2) is 17.2 Å². The molecule has 7 nitrogen and oxygen atoms in total. The summed E-state index contributed by atoms with van der Waals surface area (Å²) in [5.74, 6) is -2.08. The molecule has 2 aromatic carbocycles. The van der Waals surface area contributed by atoms with Gasteiger partial charge in [0.1, 0.15) is 16.5 Å². The van der Waals surface area contributed by atoms with E-state index in [0.717, 1.165) is 56.5 Å². The van der Waals surface area contributed by atoms with Crippen LogP contribution in [0.4, 0.5) is 25.8 Å². The summed E-state index contributed by atoms with van der Waals surface area (Å²) in [5.41, 5.74) is 1.66. The minimum absolute atomic E-state index is 0.0621. The fourth-order valence-corrected chi connectivity index (χ4v) is 6.35. The number of nitrogens with one attached hydrogen (secondary N) is 4. The highest BCUT2D eigenvalue weighted by molar-refractivity contribution is 7.92.